The van der Waals surface area contributed by atoms with E-state index in [0.717, 1.165) is 5.56 Å². The van der Waals surface area contributed by atoms with Crippen LogP contribution in [-0.2, 0) is 0 Å². The van der Waals surface area contributed by atoms with Crippen LogP contribution in [0, 0.1) is 0 Å². The minimum absolute atomic E-state index is 0.435. The van der Waals surface area contributed by atoms with E-state index in [-0.39, 0.29) is 0 Å². The molecule has 106 valence electrons. The van der Waals surface area contributed by atoms with E-state index in [9.17, 15) is 0 Å². The Morgan fingerprint density at radius 1 is 1.19 bits per heavy atom. The zero-order chi connectivity index (χ0) is 14.7. The van der Waals surface area contributed by atoms with Crippen molar-refractivity contribution in [3.8, 4) is 23.2 Å². The average Bonchev–Trinajstić information content (AvgIpc) is 3.09. The summed E-state index contributed by atoms with van der Waals surface area (Å²) in [5.74, 6) is 1.91. The lowest BCUT2D eigenvalue weighted by molar-refractivity contribution is 0.398. The first-order chi connectivity index (χ1) is 10.3. The van der Waals surface area contributed by atoms with E-state index in [1.807, 2.05) is 6.07 Å². The summed E-state index contributed by atoms with van der Waals surface area (Å²) >= 11 is 0. The Hall–Kier alpha value is -3.03. The highest BCUT2D eigenvalue weighted by Crippen LogP contribution is 2.20. The van der Waals surface area contributed by atoms with Gasteiger partial charge in [0, 0.05) is 37.3 Å². The molecule has 0 unspecified atom stereocenters. The highest BCUT2D eigenvalue weighted by molar-refractivity contribution is 5.57. The van der Waals surface area contributed by atoms with Crippen molar-refractivity contribution >= 4 is 5.95 Å². The van der Waals surface area contributed by atoms with E-state index in [0.29, 0.717) is 23.6 Å². The van der Waals surface area contributed by atoms with E-state index in [1.54, 1.807) is 49.6 Å². The number of hydrogen-bond donors (Lipinski definition) is 1. The Kier molecular flexibility index (Phi) is 3.42. The van der Waals surface area contributed by atoms with Gasteiger partial charge >= 0.3 is 0 Å². The number of aromatic nitrogens is 6. The third-order valence-electron chi connectivity index (χ3n) is 2.76. The number of ether oxygens (including phenoxy) is 1. The van der Waals surface area contributed by atoms with Crippen LogP contribution in [0.25, 0.3) is 17.3 Å². The number of nitrogens with zero attached hydrogens (tertiary/aromatic N) is 6. The molecule has 0 aromatic carbocycles. The van der Waals surface area contributed by atoms with Gasteiger partial charge in [0.2, 0.25) is 11.8 Å². The predicted octanol–water partition coefficient (Wildman–Crippen LogP) is 1.17. The lowest BCUT2D eigenvalue weighted by atomic mass is 10.2. The Morgan fingerprint density at radius 3 is 2.81 bits per heavy atom. The van der Waals surface area contributed by atoms with Crippen molar-refractivity contribution in [2.45, 2.75) is 0 Å². The quantitative estimate of drug-likeness (QED) is 0.768. The molecule has 0 radical (unpaired) electrons. The van der Waals surface area contributed by atoms with Crippen LogP contribution in [0.2, 0.25) is 0 Å². The monoisotopic (exact) mass is 283 g/mol. The average molecular weight is 283 g/mol. The molecular weight excluding hydrogens is 270 g/mol. The van der Waals surface area contributed by atoms with Crippen LogP contribution in [-0.4, -0.2) is 43.9 Å². The Morgan fingerprint density at radius 2 is 2.10 bits per heavy atom. The smallest absolute Gasteiger partial charge is 0.255 e. The van der Waals surface area contributed by atoms with Crippen molar-refractivity contribution in [2.75, 3.05) is 19.5 Å². The van der Waals surface area contributed by atoms with Crippen LogP contribution < -0.4 is 10.1 Å². The fraction of sp³-hybridized carbons (Fsp3) is 0.154. The minimum Gasteiger partial charge on any atom is -0.481 e. The predicted molar refractivity (Wildman–Crippen MR) is 76.3 cm³/mol. The van der Waals surface area contributed by atoms with Crippen molar-refractivity contribution in [1.29, 1.82) is 0 Å². The standard InChI is InChI=1S/C13H13N7O/c1-14-12-17-11(9-4-6-15-10(8-9)21-2)18-13(19-12)20-7-3-5-16-20/h3-8H,1-2H3,(H,14,17,18,19). The number of anilines is 1. The first-order valence-corrected chi connectivity index (χ1v) is 6.24. The molecular formula is C13H13N7O. The molecule has 0 aliphatic carbocycles. The van der Waals surface area contributed by atoms with Crippen LogP contribution in [0.4, 0.5) is 5.95 Å². The lowest BCUT2D eigenvalue weighted by Crippen LogP contribution is -2.08. The van der Waals surface area contributed by atoms with Gasteiger partial charge in [-0.1, -0.05) is 0 Å². The molecule has 8 heteroatoms. The molecule has 8 nitrogen and oxygen atoms in total. The number of nitrogens with one attached hydrogen (secondary N) is 1. The molecule has 0 bridgehead atoms. The van der Waals surface area contributed by atoms with Gasteiger partial charge < -0.3 is 10.1 Å². The molecule has 3 aromatic heterocycles. The van der Waals surface area contributed by atoms with Crippen LogP contribution in [0.3, 0.4) is 0 Å². The number of rotatable bonds is 4. The van der Waals surface area contributed by atoms with E-state index >= 15 is 0 Å². The van der Waals surface area contributed by atoms with Gasteiger partial charge in [-0.05, 0) is 12.1 Å². The van der Waals surface area contributed by atoms with Gasteiger partial charge in [-0.2, -0.15) is 20.1 Å². The molecule has 3 aromatic rings. The highest BCUT2D eigenvalue weighted by Gasteiger charge is 2.10. The van der Waals surface area contributed by atoms with Gasteiger partial charge in [0.1, 0.15) is 0 Å². The normalized spacial score (nSPS) is 10.4. The second kappa shape index (κ2) is 5.53. The summed E-state index contributed by atoms with van der Waals surface area (Å²) in [5, 5.41) is 7.05. The summed E-state index contributed by atoms with van der Waals surface area (Å²) < 4.78 is 6.69. The van der Waals surface area contributed by atoms with Gasteiger partial charge in [-0.3, -0.25) is 0 Å². The van der Waals surface area contributed by atoms with Gasteiger partial charge in [0.15, 0.2) is 5.82 Å². The molecule has 1 N–H and O–H groups in total. The number of hydrogen-bond acceptors (Lipinski definition) is 7. The molecule has 0 amide bonds. The summed E-state index contributed by atoms with van der Waals surface area (Å²) in [6, 6.07) is 5.38. The maximum Gasteiger partial charge on any atom is 0.255 e. The number of methoxy groups -OCH3 is 1. The second-order valence-electron chi connectivity index (χ2n) is 4.07. The molecule has 0 fully saturated rings. The van der Waals surface area contributed by atoms with E-state index < -0.39 is 0 Å². The fourth-order valence-corrected chi connectivity index (χ4v) is 1.76. The van der Waals surface area contributed by atoms with Crippen molar-refractivity contribution < 1.29 is 4.74 Å². The van der Waals surface area contributed by atoms with E-state index in [2.05, 4.69) is 30.4 Å². The van der Waals surface area contributed by atoms with Crippen LogP contribution in [0.15, 0.2) is 36.8 Å². The van der Waals surface area contributed by atoms with Crippen molar-refractivity contribution in [3.63, 3.8) is 0 Å². The maximum atomic E-state index is 5.12. The maximum absolute atomic E-state index is 5.12. The van der Waals surface area contributed by atoms with Crippen molar-refractivity contribution in [3.05, 3.63) is 36.8 Å². The molecule has 0 spiro atoms. The molecule has 21 heavy (non-hydrogen) atoms. The summed E-state index contributed by atoms with van der Waals surface area (Å²) in [7, 11) is 3.31. The van der Waals surface area contributed by atoms with Crippen LogP contribution >= 0.6 is 0 Å². The van der Waals surface area contributed by atoms with Crippen molar-refractivity contribution in [2.24, 2.45) is 0 Å². The summed E-state index contributed by atoms with van der Waals surface area (Å²) in [4.78, 5) is 17.1. The van der Waals surface area contributed by atoms with E-state index in [1.165, 1.54) is 0 Å². The molecule has 0 saturated carbocycles. The Labute approximate surface area is 120 Å². The third kappa shape index (κ3) is 2.64. The van der Waals surface area contributed by atoms with Gasteiger partial charge in [0.25, 0.3) is 5.95 Å². The van der Waals surface area contributed by atoms with Crippen molar-refractivity contribution in [1.82, 2.24) is 29.7 Å². The number of pyridine rings is 1. The molecule has 0 atom stereocenters. The molecule has 3 heterocycles. The molecule has 3 rings (SSSR count). The zero-order valence-electron chi connectivity index (χ0n) is 11.6. The Balaban J connectivity index is 2.11. The molecule has 0 saturated heterocycles. The SMILES string of the molecule is CNc1nc(-c2ccnc(OC)c2)nc(-n2cccn2)n1. The lowest BCUT2D eigenvalue weighted by Gasteiger charge is -2.07. The minimum atomic E-state index is 0.435. The second-order valence-corrected chi connectivity index (χ2v) is 4.07. The molecule has 0 aliphatic rings. The summed E-state index contributed by atoms with van der Waals surface area (Å²) in [6.07, 6.45) is 5.08. The topological polar surface area (TPSA) is 90.6 Å². The fourth-order valence-electron chi connectivity index (χ4n) is 1.76. The molecule has 0 aliphatic heterocycles. The first-order valence-electron chi connectivity index (χ1n) is 6.24. The van der Waals surface area contributed by atoms with Crippen LogP contribution in [0.1, 0.15) is 0 Å². The Bertz CT molecular complexity index is 742. The highest BCUT2D eigenvalue weighted by atomic mass is 16.5. The first kappa shape index (κ1) is 13.0. The zero-order valence-corrected chi connectivity index (χ0v) is 11.6. The largest absolute Gasteiger partial charge is 0.481 e. The van der Waals surface area contributed by atoms with Gasteiger partial charge in [-0.25, -0.2) is 9.67 Å². The van der Waals surface area contributed by atoms with Gasteiger partial charge in [-0.15, -0.1) is 0 Å². The third-order valence-corrected chi connectivity index (χ3v) is 2.76. The summed E-state index contributed by atoms with van der Waals surface area (Å²) in [6.45, 7) is 0. The van der Waals surface area contributed by atoms with Gasteiger partial charge in [0.05, 0.1) is 7.11 Å². The van der Waals surface area contributed by atoms with E-state index in [4.69, 9.17) is 4.74 Å². The van der Waals surface area contributed by atoms with Crippen LogP contribution in [0.5, 0.6) is 5.88 Å². The summed E-state index contributed by atoms with van der Waals surface area (Å²) in [5.41, 5.74) is 0.786.